The van der Waals surface area contributed by atoms with E-state index in [0.717, 1.165) is 24.7 Å². The first kappa shape index (κ1) is 22.7. The molecule has 0 rings (SSSR count). The van der Waals surface area contributed by atoms with Crippen molar-refractivity contribution in [1.29, 1.82) is 0 Å². The van der Waals surface area contributed by atoms with Gasteiger partial charge in [0.25, 0.3) is 0 Å². The third-order valence-electron chi connectivity index (χ3n) is 3.85. The van der Waals surface area contributed by atoms with Crippen LogP contribution in [-0.2, 0) is 21.8 Å². The Kier molecular flexibility index (Phi) is 27.7. The third-order valence-corrected chi connectivity index (χ3v) is 3.85. The van der Waals surface area contributed by atoms with Crippen molar-refractivity contribution in [1.82, 2.24) is 0 Å². The van der Waals surface area contributed by atoms with Crippen LogP contribution in [0.15, 0.2) is 0 Å². The van der Waals surface area contributed by atoms with Crippen LogP contribution in [0.3, 0.4) is 0 Å². The first-order chi connectivity index (χ1) is 9.91. The van der Waals surface area contributed by atoms with Crippen LogP contribution >= 0.6 is 0 Å². The second kappa shape index (κ2) is 24.4. The van der Waals surface area contributed by atoms with Gasteiger partial charge in [-0.1, -0.05) is 103 Å². The summed E-state index contributed by atoms with van der Waals surface area (Å²) in [6.07, 6.45) is 22.8. The van der Waals surface area contributed by atoms with Crippen molar-refractivity contribution in [2.24, 2.45) is 0 Å². The summed E-state index contributed by atoms with van der Waals surface area (Å²) in [6.45, 7) is 6.18. The molecule has 2 heteroatoms. The Labute approximate surface area is 138 Å². The number of unbranched alkanes of at least 4 members (excludes halogenated alkanes) is 15. The Morgan fingerprint density at radius 1 is 0.550 bits per heavy atom. The van der Waals surface area contributed by atoms with E-state index in [2.05, 4.69) is 13.8 Å². The van der Waals surface area contributed by atoms with Gasteiger partial charge in [-0.15, -0.1) is 0 Å². The van der Waals surface area contributed by atoms with Crippen LogP contribution < -0.4 is 0 Å². The Hall–Kier alpha value is 0.423. The van der Waals surface area contributed by atoms with Crippen LogP contribution in [0.4, 0.5) is 0 Å². The summed E-state index contributed by atoms with van der Waals surface area (Å²) in [6, 6.07) is 0. The van der Waals surface area contributed by atoms with E-state index in [1.54, 1.807) is 0 Å². The second-order valence-corrected chi connectivity index (χ2v) is 5.80. The van der Waals surface area contributed by atoms with E-state index < -0.39 is 0 Å². The molecule has 0 N–H and O–H groups in total. The summed E-state index contributed by atoms with van der Waals surface area (Å²) in [4.78, 5) is 0. The molecular weight excluding hydrogens is 333 g/mol. The van der Waals surface area contributed by atoms with E-state index in [4.69, 9.17) is 3.57 Å². The SMILES string of the molecule is [CH2-]CCCCCCCCCCCCCCCCC.[O]=[Ru+]. The number of rotatable bonds is 15. The monoisotopic (exact) mass is 371 g/mol. The second-order valence-electron chi connectivity index (χ2n) is 5.80. The first-order valence-corrected chi connectivity index (χ1v) is 9.56. The quantitative estimate of drug-likeness (QED) is 0.173. The zero-order valence-electron chi connectivity index (χ0n) is 13.8. The molecule has 0 saturated heterocycles. The summed E-state index contributed by atoms with van der Waals surface area (Å²) in [7, 11) is 0. The van der Waals surface area contributed by atoms with Gasteiger partial charge in [-0.3, -0.25) is 0 Å². The standard InChI is InChI=1S/C18H37.O.Ru/c1-3-5-7-9-11-13-15-17-18-16-14-12-10-8-6-4-2;;/h1,3-18H2,2H3;;/q-1;;+1. The fourth-order valence-corrected chi connectivity index (χ4v) is 2.55. The molecule has 0 spiro atoms. The zero-order chi connectivity index (χ0) is 15.3. The van der Waals surface area contributed by atoms with E-state index in [0.29, 0.717) is 0 Å². The van der Waals surface area contributed by atoms with Crippen molar-refractivity contribution in [2.45, 2.75) is 110 Å². The molecule has 1 nitrogen and oxygen atoms in total. The summed E-state index contributed by atoms with van der Waals surface area (Å²) in [5.41, 5.74) is 0. The van der Waals surface area contributed by atoms with Gasteiger partial charge >= 0.3 is 21.8 Å². The van der Waals surface area contributed by atoms with E-state index >= 15 is 0 Å². The first-order valence-electron chi connectivity index (χ1n) is 8.85. The minimum atomic E-state index is 1.10. The summed E-state index contributed by atoms with van der Waals surface area (Å²) < 4.78 is 8.18. The molecule has 0 aromatic carbocycles. The molecule has 20 heavy (non-hydrogen) atoms. The van der Waals surface area contributed by atoms with Crippen LogP contribution in [0.1, 0.15) is 110 Å². The molecule has 0 aromatic rings. The molecule has 0 amide bonds. The van der Waals surface area contributed by atoms with Crippen molar-refractivity contribution < 1.29 is 21.8 Å². The molecule has 0 aliphatic heterocycles. The molecule has 0 aromatic heterocycles. The van der Waals surface area contributed by atoms with Crippen molar-refractivity contribution in [3.05, 3.63) is 6.92 Å². The average Bonchev–Trinajstić information content (AvgIpc) is 2.50. The van der Waals surface area contributed by atoms with Crippen LogP contribution in [0.25, 0.3) is 0 Å². The molecule has 0 heterocycles. The fourth-order valence-electron chi connectivity index (χ4n) is 2.55. The summed E-state index contributed by atoms with van der Waals surface area (Å²) in [5.74, 6) is 0. The third kappa shape index (κ3) is 23.5. The topological polar surface area (TPSA) is 17.1 Å². The van der Waals surface area contributed by atoms with Crippen molar-refractivity contribution in [2.75, 3.05) is 0 Å². The van der Waals surface area contributed by atoms with Crippen LogP contribution in [0.5, 0.6) is 0 Å². The zero-order valence-corrected chi connectivity index (χ0v) is 15.5. The van der Waals surface area contributed by atoms with Crippen LogP contribution in [0, 0.1) is 6.92 Å². The molecule has 0 radical (unpaired) electrons. The number of hydrogen-bond donors (Lipinski definition) is 0. The minimum absolute atomic E-state index is 1.10. The van der Waals surface area contributed by atoms with E-state index in [-0.39, 0.29) is 0 Å². The van der Waals surface area contributed by atoms with Gasteiger partial charge in [-0.05, 0) is 0 Å². The van der Waals surface area contributed by atoms with Crippen molar-refractivity contribution >= 4 is 0 Å². The molecule has 0 saturated carbocycles. The average molecular weight is 371 g/mol. The van der Waals surface area contributed by atoms with Gasteiger partial charge in [0.15, 0.2) is 0 Å². The molecule has 123 valence electrons. The van der Waals surface area contributed by atoms with E-state index in [1.807, 2.05) is 0 Å². The normalized spacial score (nSPS) is 10.1. The molecule has 0 aliphatic rings. The molecule has 0 atom stereocenters. The molecule has 0 bridgehead atoms. The van der Waals surface area contributed by atoms with Gasteiger partial charge in [0.2, 0.25) is 0 Å². The van der Waals surface area contributed by atoms with Gasteiger partial charge in [-0.2, -0.15) is 6.42 Å². The van der Waals surface area contributed by atoms with Gasteiger partial charge in [0.1, 0.15) is 0 Å². The predicted octanol–water partition coefficient (Wildman–Crippen LogP) is 6.96. The Morgan fingerprint density at radius 3 is 1.05 bits per heavy atom. The van der Waals surface area contributed by atoms with Crippen molar-refractivity contribution in [3.63, 3.8) is 0 Å². The predicted molar refractivity (Wildman–Crippen MR) is 85.6 cm³/mol. The van der Waals surface area contributed by atoms with Gasteiger partial charge in [0, 0.05) is 0 Å². The summed E-state index contributed by atoms with van der Waals surface area (Å²) in [5, 5.41) is 0. The Morgan fingerprint density at radius 2 is 0.800 bits per heavy atom. The molecule has 0 aliphatic carbocycles. The summed E-state index contributed by atoms with van der Waals surface area (Å²) >= 11 is 1.10. The van der Waals surface area contributed by atoms with Gasteiger partial charge < -0.3 is 6.92 Å². The van der Waals surface area contributed by atoms with E-state index in [9.17, 15) is 0 Å². The molecular formula is C18H37ORu. The molecule has 0 fully saturated rings. The van der Waals surface area contributed by atoms with Crippen LogP contribution in [0.2, 0.25) is 0 Å². The van der Waals surface area contributed by atoms with E-state index in [1.165, 1.54) is 96.3 Å². The fraction of sp³-hybridized carbons (Fsp3) is 0.944. The van der Waals surface area contributed by atoms with Gasteiger partial charge in [-0.25, -0.2) is 0 Å². The van der Waals surface area contributed by atoms with Gasteiger partial charge in [0.05, 0.1) is 0 Å². The number of hydrogen-bond acceptors (Lipinski definition) is 1. The Bertz CT molecular complexity index is 134. The van der Waals surface area contributed by atoms with Crippen LogP contribution in [-0.4, -0.2) is 0 Å². The van der Waals surface area contributed by atoms with Crippen molar-refractivity contribution in [3.8, 4) is 0 Å². The maximum absolute atomic E-state index is 8.18. The Balaban J connectivity index is 0. The molecule has 0 unspecified atom stereocenters. The maximum atomic E-state index is 8.18.